The number of hydrazine groups is 1. The van der Waals surface area contributed by atoms with Crippen LogP contribution < -0.4 is 16.7 Å². The molecule has 106 valence electrons. The number of benzene rings is 2. The van der Waals surface area contributed by atoms with Crippen molar-refractivity contribution in [1.82, 2.24) is 5.59 Å². The fraction of sp³-hybridized carbons (Fsp3) is 0. The van der Waals surface area contributed by atoms with Crippen molar-refractivity contribution in [1.29, 1.82) is 0 Å². The molecule has 0 aromatic heterocycles. The Morgan fingerprint density at radius 3 is 2.45 bits per heavy atom. The van der Waals surface area contributed by atoms with E-state index in [9.17, 15) is 13.5 Å². The van der Waals surface area contributed by atoms with Gasteiger partial charge in [0.15, 0.2) is 0 Å². The van der Waals surface area contributed by atoms with Crippen LogP contribution in [-0.4, -0.2) is 13.5 Å². The number of hydrogen-bond acceptors (Lipinski definition) is 7. The molecule has 0 heterocycles. The minimum absolute atomic E-state index is 0.0503. The van der Waals surface area contributed by atoms with E-state index in [1.165, 1.54) is 12.1 Å². The number of rotatable bonds is 5. The van der Waals surface area contributed by atoms with Crippen molar-refractivity contribution >= 4 is 21.5 Å². The molecule has 8 heteroatoms. The zero-order chi connectivity index (χ0) is 14.6. The van der Waals surface area contributed by atoms with E-state index in [4.69, 9.17) is 5.73 Å². The lowest BCUT2D eigenvalue weighted by atomic mass is 10.3. The smallest absolute Gasteiger partial charge is 0.314 e. The Bertz CT molecular complexity index is 689. The minimum Gasteiger partial charge on any atom is -0.506 e. The Morgan fingerprint density at radius 1 is 1.10 bits per heavy atom. The molecular weight excluding hydrogens is 282 g/mol. The molecule has 0 amide bonds. The van der Waals surface area contributed by atoms with Crippen LogP contribution in [0.15, 0.2) is 53.4 Å². The van der Waals surface area contributed by atoms with E-state index < -0.39 is 10.1 Å². The molecule has 20 heavy (non-hydrogen) atoms. The summed E-state index contributed by atoms with van der Waals surface area (Å²) in [6.45, 7) is 0. The number of hydrogen-bond donors (Lipinski definition) is 4. The van der Waals surface area contributed by atoms with Crippen molar-refractivity contribution in [3.05, 3.63) is 48.5 Å². The highest BCUT2D eigenvalue weighted by Crippen LogP contribution is 2.23. The molecule has 5 N–H and O–H groups in total. The number of nitrogens with two attached hydrogens (primary N) is 1. The van der Waals surface area contributed by atoms with Gasteiger partial charge in [-0.15, -0.1) is 0 Å². The number of phenols is 1. The van der Waals surface area contributed by atoms with E-state index >= 15 is 0 Å². The third kappa shape index (κ3) is 3.38. The molecule has 0 aliphatic heterocycles. The van der Waals surface area contributed by atoms with Gasteiger partial charge in [-0.25, -0.2) is 0 Å². The molecule has 2 rings (SSSR count). The molecular formula is C12H13N3O4S. The molecule has 0 fully saturated rings. The van der Waals surface area contributed by atoms with E-state index in [2.05, 4.69) is 15.3 Å². The maximum atomic E-state index is 11.8. The van der Waals surface area contributed by atoms with Gasteiger partial charge in [0, 0.05) is 0 Å². The van der Waals surface area contributed by atoms with Crippen molar-refractivity contribution in [2.45, 2.75) is 4.90 Å². The van der Waals surface area contributed by atoms with Crippen molar-refractivity contribution in [2.24, 2.45) is 0 Å². The fourth-order valence-corrected chi connectivity index (χ4v) is 2.15. The molecule has 0 bridgehead atoms. The first-order valence-electron chi connectivity index (χ1n) is 5.57. The molecule has 0 saturated carbocycles. The Hall–Kier alpha value is -2.29. The van der Waals surface area contributed by atoms with Gasteiger partial charge in [-0.1, -0.05) is 23.8 Å². The number of nitrogens with one attached hydrogen (secondary N) is 2. The summed E-state index contributed by atoms with van der Waals surface area (Å²) in [5.41, 5.74) is 10.7. The van der Waals surface area contributed by atoms with Gasteiger partial charge in [-0.3, -0.25) is 5.43 Å². The molecule has 0 aliphatic rings. The predicted molar refractivity (Wildman–Crippen MR) is 74.0 cm³/mol. The quantitative estimate of drug-likeness (QED) is 0.372. The van der Waals surface area contributed by atoms with Gasteiger partial charge in [-0.05, 0) is 30.3 Å². The van der Waals surface area contributed by atoms with E-state index in [1.807, 2.05) is 6.07 Å². The highest BCUT2D eigenvalue weighted by Gasteiger charge is 2.16. The van der Waals surface area contributed by atoms with E-state index in [1.54, 1.807) is 24.3 Å². The van der Waals surface area contributed by atoms with Gasteiger partial charge in [-0.2, -0.15) is 12.7 Å². The zero-order valence-electron chi connectivity index (χ0n) is 10.3. The summed E-state index contributed by atoms with van der Waals surface area (Å²) >= 11 is 0. The number of anilines is 2. The van der Waals surface area contributed by atoms with Gasteiger partial charge in [0.1, 0.15) is 5.75 Å². The molecule has 0 spiro atoms. The SMILES string of the molecule is Nc1cc(S(=O)(=O)ONNc2ccccc2)ccc1O. The lowest BCUT2D eigenvalue weighted by molar-refractivity contribution is 0.229. The van der Waals surface area contributed by atoms with Crippen molar-refractivity contribution in [3.63, 3.8) is 0 Å². The topological polar surface area (TPSA) is 114 Å². The third-order valence-electron chi connectivity index (χ3n) is 2.41. The first kappa shape index (κ1) is 14.1. The summed E-state index contributed by atoms with van der Waals surface area (Å²) in [6.07, 6.45) is 0. The number of phenolic OH excluding ortho intramolecular Hbond substituents is 1. The van der Waals surface area contributed by atoms with Crippen LogP contribution in [-0.2, 0) is 14.4 Å². The standard InChI is InChI=1S/C12H13N3O4S/c13-11-8-10(6-7-12(11)16)20(17,18)19-15-14-9-4-2-1-3-5-9/h1-8,14-16H,13H2. The molecule has 0 aliphatic carbocycles. The number of para-hydroxylation sites is 1. The van der Waals surface area contributed by atoms with Gasteiger partial charge < -0.3 is 10.8 Å². The lowest BCUT2D eigenvalue weighted by Gasteiger charge is -2.09. The van der Waals surface area contributed by atoms with Crippen LogP contribution in [0.3, 0.4) is 0 Å². The maximum absolute atomic E-state index is 11.8. The van der Waals surface area contributed by atoms with Crippen LogP contribution in [0.25, 0.3) is 0 Å². The molecule has 7 nitrogen and oxygen atoms in total. The third-order valence-corrected chi connectivity index (χ3v) is 3.54. The average Bonchev–Trinajstić information content (AvgIpc) is 2.43. The minimum atomic E-state index is -4.03. The molecule has 0 unspecified atom stereocenters. The highest BCUT2D eigenvalue weighted by atomic mass is 32.2. The van der Waals surface area contributed by atoms with Crippen molar-refractivity contribution in [2.75, 3.05) is 11.2 Å². The normalized spacial score (nSPS) is 11.2. The second-order valence-electron chi connectivity index (χ2n) is 3.85. The summed E-state index contributed by atoms with van der Waals surface area (Å²) < 4.78 is 28.2. The van der Waals surface area contributed by atoms with E-state index in [-0.39, 0.29) is 16.3 Å². The van der Waals surface area contributed by atoms with E-state index in [0.29, 0.717) is 5.69 Å². The Kier molecular flexibility index (Phi) is 4.08. The van der Waals surface area contributed by atoms with Gasteiger partial charge >= 0.3 is 10.1 Å². The van der Waals surface area contributed by atoms with Crippen LogP contribution in [0.4, 0.5) is 11.4 Å². The second-order valence-corrected chi connectivity index (χ2v) is 5.40. The first-order valence-corrected chi connectivity index (χ1v) is 6.98. The van der Waals surface area contributed by atoms with Crippen LogP contribution in [0.1, 0.15) is 0 Å². The van der Waals surface area contributed by atoms with Crippen LogP contribution >= 0.6 is 0 Å². The summed E-state index contributed by atoms with van der Waals surface area (Å²) in [6, 6.07) is 12.3. The summed E-state index contributed by atoms with van der Waals surface area (Å²) in [5, 5.41) is 9.25. The van der Waals surface area contributed by atoms with Crippen LogP contribution in [0.5, 0.6) is 5.75 Å². The maximum Gasteiger partial charge on any atom is 0.314 e. The van der Waals surface area contributed by atoms with Crippen LogP contribution in [0.2, 0.25) is 0 Å². The monoisotopic (exact) mass is 295 g/mol. The Labute approximate surface area is 116 Å². The molecule has 0 atom stereocenters. The highest BCUT2D eigenvalue weighted by molar-refractivity contribution is 7.86. The van der Waals surface area contributed by atoms with Crippen LogP contribution in [0, 0.1) is 0 Å². The number of nitrogen functional groups attached to an aromatic ring is 1. The Balaban J connectivity index is 2.02. The summed E-state index contributed by atoms with van der Waals surface area (Å²) in [7, 11) is -4.03. The van der Waals surface area contributed by atoms with Crippen molar-refractivity contribution < 1.29 is 17.8 Å². The lowest BCUT2D eigenvalue weighted by Crippen LogP contribution is -2.26. The second kappa shape index (κ2) is 5.78. The molecule has 2 aromatic rings. The Morgan fingerprint density at radius 2 is 1.80 bits per heavy atom. The summed E-state index contributed by atoms with van der Waals surface area (Å²) in [5.74, 6) is -0.195. The van der Waals surface area contributed by atoms with Gasteiger partial charge in [0.05, 0.1) is 16.3 Å². The fourth-order valence-electron chi connectivity index (χ4n) is 1.39. The number of aromatic hydroxyl groups is 1. The van der Waals surface area contributed by atoms with Crippen molar-refractivity contribution in [3.8, 4) is 5.75 Å². The largest absolute Gasteiger partial charge is 0.506 e. The molecule has 2 aromatic carbocycles. The summed E-state index contributed by atoms with van der Waals surface area (Å²) in [4.78, 5) is -0.171. The van der Waals surface area contributed by atoms with Gasteiger partial charge in [0.25, 0.3) is 0 Å². The predicted octanol–water partition coefficient (Wildman–Crippen LogP) is 1.21. The van der Waals surface area contributed by atoms with Gasteiger partial charge in [0.2, 0.25) is 0 Å². The average molecular weight is 295 g/mol. The zero-order valence-corrected chi connectivity index (χ0v) is 11.1. The van der Waals surface area contributed by atoms with E-state index in [0.717, 1.165) is 6.07 Å². The molecule has 0 saturated heterocycles. The molecule has 0 radical (unpaired) electrons. The first-order chi connectivity index (χ1) is 9.49.